The van der Waals surface area contributed by atoms with Crippen LogP contribution in [0.5, 0.6) is 5.75 Å². The van der Waals surface area contributed by atoms with Crippen LogP contribution in [0.25, 0.3) is 6.08 Å². The van der Waals surface area contributed by atoms with Crippen molar-refractivity contribution in [1.82, 2.24) is 4.90 Å². The molecule has 0 atom stereocenters. The minimum absolute atomic E-state index is 0.0743. The minimum atomic E-state index is -0.672. The molecule has 1 aliphatic rings. The molecule has 0 radical (unpaired) electrons. The first kappa shape index (κ1) is 20.0. The molecule has 140 valence electrons. The zero-order chi connectivity index (χ0) is 19.5. The number of imide groups is 1. The lowest BCUT2D eigenvalue weighted by molar-refractivity contribution is -0.156. The molecule has 1 aromatic rings. The fraction of sp³-hybridized carbons (Fsp3) is 0.421. The number of thioether (sulfide) groups is 1. The van der Waals surface area contributed by atoms with E-state index in [1.54, 1.807) is 51.1 Å². The largest absolute Gasteiger partial charge is 0.491 e. The van der Waals surface area contributed by atoms with Gasteiger partial charge in [-0.2, -0.15) is 0 Å². The van der Waals surface area contributed by atoms with Gasteiger partial charge in [-0.1, -0.05) is 12.1 Å². The van der Waals surface area contributed by atoms with Gasteiger partial charge in [0.1, 0.15) is 17.9 Å². The van der Waals surface area contributed by atoms with Crippen LogP contribution in [0.15, 0.2) is 29.2 Å². The molecule has 0 saturated carbocycles. The Labute approximate surface area is 157 Å². The summed E-state index contributed by atoms with van der Waals surface area (Å²) in [5, 5.41) is -0.480. The number of esters is 1. The summed E-state index contributed by atoms with van der Waals surface area (Å²) in [6, 6.07) is 7.21. The first-order valence-corrected chi connectivity index (χ1v) is 9.11. The van der Waals surface area contributed by atoms with Crippen molar-refractivity contribution in [1.29, 1.82) is 0 Å². The molecule has 7 heteroatoms. The van der Waals surface area contributed by atoms with Crippen molar-refractivity contribution in [2.75, 3.05) is 6.54 Å². The first-order chi connectivity index (χ1) is 12.0. The summed E-state index contributed by atoms with van der Waals surface area (Å²) in [6.07, 6.45) is 1.70. The summed E-state index contributed by atoms with van der Waals surface area (Å²) in [5.74, 6) is -0.375. The molecule has 1 heterocycles. The van der Waals surface area contributed by atoms with E-state index in [0.717, 1.165) is 28.0 Å². The van der Waals surface area contributed by atoms with Gasteiger partial charge in [-0.15, -0.1) is 0 Å². The number of benzene rings is 1. The van der Waals surface area contributed by atoms with Crippen LogP contribution in [0, 0.1) is 0 Å². The molecule has 0 spiro atoms. The van der Waals surface area contributed by atoms with Crippen LogP contribution in [-0.2, 0) is 14.3 Å². The second-order valence-electron chi connectivity index (χ2n) is 7.09. The second-order valence-corrected chi connectivity index (χ2v) is 8.08. The van der Waals surface area contributed by atoms with Crippen molar-refractivity contribution < 1.29 is 23.9 Å². The molecule has 0 bridgehead atoms. The molecule has 0 aromatic heterocycles. The Kier molecular flexibility index (Phi) is 6.13. The summed E-state index contributed by atoms with van der Waals surface area (Å²) in [4.78, 5) is 37.5. The Morgan fingerprint density at radius 1 is 1.19 bits per heavy atom. The SMILES string of the molecule is CC(C)Oc1ccc(/C=C2\SC(=O)N(CC(=O)OC(C)(C)C)C2=O)cc1. The molecule has 0 unspecified atom stereocenters. The molecule has 1 fully saturated rings. The van der Waals surface area contributed by atoms with Gasteiger partial charge in [0.2, 0.25) is 0 Å². The maximum Gasteiger partial charge on any atom is 0.326 e. The zero-order valence-corrected chi connectivity index (χ0v) is 16.4. The molecule has 0 aliphatic carbocycles. The van der Waals surface area contributed by atoms with Crippen LogP contribution in [0.1, 0.15) is 40.2 Å². The van der Waals surface area contributed by atoms with Crippen LogP contribution in [0.2, 0.25) is 0 Å². The quantitative estimate of drug-likeness (QED) is 0.573. The molecule has 1 saturated heterocycles. The van der Waals surface area contributed by atoms with Gasteiger partial charge < -0.3 is 9.47 Å². The number of carbonyl (C=O) groups excluding carboxylic acids is 3. The maximum absolute atomic E-state index is 12.4. The zero-order valence-electron chi connectivity index (χ0n) is 15.6. The average molecular weight is 377 g/mol. The van der Waals surface area contributed by atoms with E-state index in [0.29, 0.717) is 0 Å². The van der Waals surface area contributed by atoms with E-state index in [9.17, 15) is 14.4 Å². The van der Waals surface area contributed by atoms with Gasteiger partial charge >= 0.3 is 5.97 Å². The smallest absolute Gasteiger partial charge is 0.326 e. The fourth-order valence-corrected chi connectivity index (χ4v) is 3.04. The summed E-state index contributed by atoms with van der Waals surface area (Å²) >= 11 is 0.811. The lowest BCUT2D eigenvalue weighted by Gasteiger charge is -2.21. The third-order valence-electron chi connectivity index (χ3n) is 3.13. The molecule has 1 aliphatic heterocycles. The molecule has 6 nitrogen and oxygen atoms in total. The molecule has 26 heavy (non-hydrogen) atoms. The third-order valence-corrected chi connectivity index (χ3v) is 4.04. The number of nitrogens with zero attached hydrogens (tertiary/aromatic N) is 1. The number of ether oxygens (including phenoxy) is 2. The van der Waals surface area contributed by atoms with Gasteiger partial charge in [0, 0.05) is 0 Å². The highest BCUT2D eigenvalue weighted by Crippen LogP contribution is 2.32. The van der Waals surface area contributed by atoms with E-state index in [2.05, 4.69) is 0 Å². The lowest BCUT2D eigenvalue weighted by Crippen LogP contribution is -2.37. The number of hydrogen-bond acceptors (Lipinski definition) is 6. The Morgan fingerprint density at radius 2 is 1.81 bits per heavy atom. The van der Waals surface area contributed by atoms with E-state index in [1.165, 1.54) is 0 Å². The van der Waals surface area contributed by atoms with E-state index in [-0.39, 0.29) is 17.6 Å². The molecular weight excluding hydrogens is 354 g/mol. The summed E-state index contributed by atoms with van der Waals surface area (Å²) in [5.41, 5.74) is 0.0954. The van der Waals surface area contributed by atoms with E-state index >= 15 is 0 Å². The monoisotopic (exact) mass is 377 g/mol. The van der Waals surface area contributed by atoms with Crippen LogP contribution in [0.3, 0.4) is 0 Å². The highest BCUT2D eigenvalue weighted by molar-refractivity contribution is 8.18. The standard InChI is InChI=1S/C19H23NO5S/c1-12(2)24-14-8-6-13(7-9-14)10-15-17(22)20(18(23)26-15)11-16(21)25-19(3,4)5/h6-10,12H,11H2,1-5H3/b15-10-. The number of rotatable bonds is 5. The third kappa shape index (κ3) is 5.62. The summed E-state index contributed by atoms with van der Waals surface area (Å²) in [6.45, 7) is 8.67. The summed E-state index contributed by atoms with van der Waals surface area (Å²) < 4.78 is 10.7. The van der Waals surface area contributed by atoms with Crippen molar-refractivity contribution in [2.45, 2.75) is 46.3 Å². The predicted molar refractivity (Wildman–Crippen MR) is 101 cm³/mol. The second kappa shape index (κ2) is 7.95. The Morgan fingerprint density at radius 3 is 2.35 bits per heavy atom. The van der Waals surface area contributed by atoms with Crippen LogP contribution in [0.4, 0.5) is 4.79 Å². The highest BCUT2D eigenvalue weighted by Gasteiger charge is 2.37. The number of amides is 2. The normalized spacial score (nSPS) is 16.5. The maximum atomic E-state index is 12.4. The molecule has 2 amide bonds. The van der Waals surface area contributed by atoms with Gasteiger partial charge in [0.25, 0.3) is 11.1 Å². The van der Waals surface area contributed by atoms with Crippen LogP contribution in [-0.4, -0.2) is 40.3 Å². The number of carbonyl (C=O) groups is 3. The summed E-state index contributed by atoms with van der Waals surface area (Å²) in [7, 11) is 0. The molecular formula is C19H23NO5S. The van der Waals surface area contributed by atoms with Gasteiger partial charge in [0.05, 0.1) is 11.0 Å². The van der Waals surface area contributed by atoms with Gasteiger partial charge in [-0.3, -0.25) is 19.3 Å². The van der Waals surface area contributed by atoms with Crippen LogP contribution >= 0.6 is 11.8 Å². The Bertz CT molecular complexity index is 731. The van der Waals surface area contributed by atoms with Gasteiger partial charge in [0.15, 0.2) is 0 Å². The molecule has 0 N–H and O–H groups in total. The minimum Gasteiger partial charge on any atom is -0.491 e. The topological polar surface area (TPSA) is 72.9 Å². The molecule has 1 aromatic carbocycles. The Balaban J connectivity index is 2.07. The van der Waals surface area contributed by atoms with Crippen molar-refractivity contribution in [2.24, 2.45) is 0 Å². The first-order valence-electron chi connectivity index (χ1n) is 8.29. The predicted octanol–water partition coefficient (Wildman–Crippen LogP) is 3.85. The highest BCUT2D eigenvalue weighted by atomic mass is 32.2. The van der Waals surface area contributed by atoms with E-state index < -0.39 is 22.7 Å². The average Bonchev–Trinajstić information content (AvgIpc) is 2.74. The van der Waals surface area contributed by atoms with Crippen LogP contribution < -0.4 is 4.74 Å². The fourth-order valence-electron chi connectivity index (χ4n) is 2.21. The molecule has 2 rings (SSSR count). The Hall–Kier alpha value is -2.28. The van der Waals surface area contributed by atoms with Crippen molar-refractivity contribution in [3.8, 4) is 5.75 Å². The van der Waals surface area contributed by atoms with E-state index in [4.69, 9.17) is 9.47 Å². The van der Waals surface area contributed by atoms with Gasteiger partial charge in [-0.25, -0.2) is 0 Å². The number of hydrogen-bond donors (Lipinski definition) is 0. The van der Waals surface area contributed by atoms with E-state index in [1.807, 2.05) is 13.8 Å². The van der Waals surface area contributed by atoms with Crippen molar-refractivity contribution in [3.63, 3.8) is 0 Å². The van der Waals surface area contributed by atoms with Gasteiger partial charge in [-0.05, 0) is 70.2 Å². The van der Waals surface area contributed by atoms with Crippen molar-refractivity contribution in [3.05, 3.63) is 34.7 Å². The van der Waals surface area contributed by atoms with Crippen molar-refractivity contribution >= 4 is 35.0 Å². The lowest BCUT2D eigenvalue weighted by atomic mass is 10.2.